The normalized spacial score (nSPS) is 18.2. The Balaban J connectivity index is 1.85. The van der Waals surface area contributed by atoms with Gasteiger partial charge in [-0.3, -0.25) is 0 Å². The molecule has 2 N–H and O–H groups in total. The van der Waals surface area contributed by atoms with Crippen LogP contribution in [0.2, 0.25) is 0 Å². The molecule has 1 aromatic heterocycles. The van der Waals surface area contributed by atoms with E-state index >= 15 is 0 Å². The van der Waals surface area contributed by atoms with Crippen LogP contribution in [0.4, 0.5) is 0 Å². The fourth-order valence-corrected chi connectivity index (χ4v) is 2.95. The Labute approximate surface area is 132 Å². The molecule has 1 aliphatic heterocycles. The summed E-state index contributed by atoms with van der Waals surface area (Å²) in [5.41, 5.74) is 4.83. The van der Waals surface area contributed by atoms with Gasteiger partial charge in [0.2, 0.25) is 5.96 Å². The first kappa shape index (κ1) is 14.5. The van der Waals surface area contributed by atoms with Crippen LogP contribution in [0.5, 0.6) is 0 Å². The standard InChI is InChI=1S/C16H17N5S/c1-10-6-4-5-7-13(10)14-8-18-21-16(20-14)17-9-15-19-11(2)12(3)22-15/h4-8H,1,9H2,2-3H3,(H2,17,20,21). The molecule has 5 nitrogen and oxygen atoms in total. The SMILES string of the molecule is C=c1ccccc1=C1C=NNC(=NCc2nc(C)c(C)s2)N1. The third-order valence-corrected chi connectivity index (χ3v) is 4.43. The number of nitrogens with one attached hydrogen (secondary N) is 2. The molecule has 112 valence electrons. The summed E-state index contributed by atoms with van der Waals surface area (Å²) in [6.07, 6.45) is 1.74. The first-order valence-corrected chi connectivity index (χ1v) is 7.77. The van der Waals surface area contributed by atoms with Crippen LogP contribution >= 0.6 is 11.3 Å². The number of aryl methyl sites for hydroxylation is 2. The maximum atomic E-state index is 4.50. The molecule has 0 aliphatic carbocycles. The molecule has 3 rings (SSSR count). The molecule has 0 atom stereocenters. The predicted octanol–water partition coefficient (Wildman–Crippen LogP) is 1.01. The summed E-state index contributed by atoms with van der Waals surface area (Å²) in [6.45, 7) is 8.65. The number of nitrogens with zero attached hydrogens (tertiary/aromatic N) is 3. The Morgan fingerprint density at radius 1 is 1.27 bits per heavy atom. The van der Waals surface area contributed by atoms with Crippen molar-refractivity contribution in [2.45, 2.75) is 20.4 Å². The van der Waals surface area contributed by atoms with Gasteiger partial charge in [-0.1, -0.05) is 30.8 Å². The van der Waals surface area contributed by atoms with Gasteiger partial charge in [0.1, 0.15) is 5.01 Å². The van der Waals surface area contributed by atoms with Crippen molar-refractivity contribution in [1.29, 1.82) is 0 Å². The van der Waals surface area contributed by atoms with E-state index in [1.54, 1.807) is 17.6 Å². The number of aromatic nitrogens is 1. The lowest BCUT2D eigenvalue weighted by molar-refractivity contribution is 0.911. The minimum absolute atomic E-state index is 0.531. The summed E-state index contributed by atoms with van der Waals surface area (Å²) < 4.78 is 0. The molecule has 0 spiro atoms. The Bertz CT molecular complexity index is 843. The lowest BCUT2D eigenvalue weighted by atomic mass is 10.2. The zero-order valence-electron chi connectivity index (χ0n) is 12.6. The van der Waals surface area contributed by atoms with Crippen LogP contribution in [0.15, 0.2) is 34.4 Å². The molecule has 1 aromatic carbocycles. The number of thiazole rings is 1. The van der Waals surface area contributed by atoms with E-state index in [1.807, 2.05) is 31.2 Å². The lowest BCUT2D eigenvalue weighted by Gasteiger charge is -2.14. The second-order valence-corrected chi connectivity index (χ2v) is 6.27. The minimum atomic E-state index is 0.531. The molecule has 0 amide bonds. The molecule has 0 saturated carbocycles. The smallest absolute Gasteiger partial charge is 0.217 e. The van der Waals surface area contributed by atoms with Crippen molar-refractivity contribution >= 4 is 35.8 Å². The zero-order valence-corrected chi connectivity index (χ0v) is 13.4. The van der Waals surface area contributed by atoms with E-state index in [0.717, 1.165) is 26.8 Å². The number of guanidine groups is 1. The van der Waals surface area contributed by atoms with E-state index in [9.17, 15) is 0 Å². The number of hydrazone groups is 1. The van der Waals surface area contributed by atoms with Gasteiger partial charge in [0.15, 0.2) is 0 Å². The third-order valence-electron chi connectivity index (χ3n) is 3.37. The molecule has 2 heterocycles. The highest BCUT2D eigenvalue weighted by Crippen LogP contribution is 2.16. The van der Waals surface area contributed by atoms with E-state index in [2.05, 4.69) is 39.3 Å². The number of rotatable bonds is 2. The largest absolute Gasteiger partial charge is 0.323 e. The first-order valence-electron chi connectivity index (χ1n) is 6.95. The van der Waals surface area contributed by atoms with Crippen molar-refractivity contribution < 1.29 is 0 Å². The highest BCUT2D eigenvalue weighted by atomic mass is 32.1. The van der Waals surface area contributed by atoms with E-state index in [4.69, 9.17) is 0 Å². The molecule has 6 heteroatoms. The van der Waals surface area contributed by atoms with Crippen LogP contribution in [0.3, 0.4) is 0 Å². The van der Waals surface area contributed by atoms with Gasteiger partial charge in [-0.25, -0.2) is 15.4 Å². The summed E-state index contributed by atoms with van der Waals surface area (Å²) in [4.78, 5) is 10.2. The Morgan fingerprint density at radius 2 is 2.09 bits per heavy atom. The van der Waals surface area contributed by atoms with Crippen molar-refractivity contribution in [1.82, 2.24) is 15.7 Å². The molecule has 0 bridgehead atoms. The second-order valence-electron chi connectivity index (χ2n) is 4.98. The minimum Gasteiger partial charge on any atom is -0.323 e. The van der Waals surface area contributed by atoms with Crippen LogP contribution in [0.25, 0.3) is 12.3 Å². The van der Waals surface area contributed by atoms with Crippen molar-refractivity contribution in [3.8, 4) is 0 Å². The van der Waals surface area contributed by atoms with Gasteiger partial charge in [0.05, 0.1) is 24.2 Å². The van der Waals surface area contributed by atoms with E-state index in [-0.39, 0.29) is 0 Å². The predicted molar refractivity (Wildman–Crippen MR) is 92.1 cm³/mol. The van der Waals surface area contributed by atoms with E-state index < -0.39 is 0 Å². The van der Waals surface area contributed by atoms with Gasteiger partial charge >= 0.3 is 0 Å². The third kappa shape index (κ3) is 3.07. The lowest BCUT2D eigenvalue weighted by Crippen LogP contribution is -2.42. The quantitative estimate of drug-likeness (QED) is 0.870. The summed E-state index contributed by atoms with van der Waals surface area (Å²) in [5.74, 6) is 0.617. The van der Waals surface area contributed by atoms with Crippen molar-refractivity contribution in [3.05, 3.63) is 50.3 Å². The first-order chi connectivity index (χ1) is 10.6. The molecule has 22 heavy (non-hydrogen) atoms. The molecular formula is C16H17N5S. The Hall–Kier alpha value is -2.47. The Kier molecular flexibility index (Phi) is 4.02. The van der Waals surface area contributed by atoms with Gasteiger partial charge in [-0.05, 0) is 19.1 Å². The maximum absolute atomic E-state index is 4.50. The number of benzene rings is 1. The highest BCUT2D eigenvalue weighted by molar-refractivity contribution is 7.11. The second kappa shape index (κ2) is 6.11. The van der Waals surface area contributed by atoms with Crippen molar-refractivity contribution in [2.75, 3.05) is 0 Å². The number of hydrogen-bond donors (Lipinski definition) is 2. The summed E-state index contributed by atoms with van der Waals surface area (Å²) in [6, 6.07) is 7.92. The monoisotopic (exact) mass is 311 g/mol. The Morgan fingerprint density at radius 3 is 2.82 bits per heavy atom. The van der Waals surface area contributed by atoms with E-state index in [1.165, 1.54) is 4.88 Å². The molecule has 2 aromatic rings. The maximum Gasteiger partial charge on any atom is 0.217 e. The summed E-state index contributed by atoms with van der Waals surface area (Å²) in [5, 5.41) is 10.4. The molecule has 0 radical (unpaired) electrons. The molecular weight excluding hydrogens is 294 g/mol. The molecule has 1 aliphatic rings. The number of aliphatic imine (C=N–C) groups is 1. The van der Waals surface area contributed by atoms with Gasteiger partial charge in [0, 0.05) is 10.1 Å². The fourth-order valence-electron chi connectivity index (χ4n) is 2.09. The van der Waals surface area contributed by atoms with Crippen LogP contribution in [0, 0.1) is 13.8 Å². The fraction of sp³-hybridized carbons (Fsp3) is 0.188. The van der Waals surface area contributed by atoms with Crippen molar-refractivity contribution in [2.24, 2.45) is 10.1 Å². The topological polar surface area (TPSA) is 61.7 Å². The van der Waals surface area contributed by atoms with Crippen LogP contribution in [-0.4, -0.2) is 17.2 Å². The van der Waals surface area contributed by atoms with Crippen LogP contribution in [0.1, 0.15) is 15.6 Å². The number of hydrogen-bond acceptors (Lipinski definition) is 4. The van der Waals surface area contributed by atoms with Gasteiger partial charge < -0.3 is 5.32 Å². The average molecular weight is 311 g/mol. The summed E-state index contributed by atoms with van der Waals surface area (Å²) in [7, 11) is 0. The summed E-state index contributed by atoms with van der Waals surface area (Å²) >= 11 is 1.67. The van der Waals surface area contributed by atoms with Gasteiger partial charge in [0.25, 0.3) is 0 Å². The van der Waals surface area contributed by atoms with Gasteiger partial charge in [-0.2, -0.15) is 5.10 Å². The van der Waals surface area contributed by atoms with Crippen LogP contribution < -0.4 is 21.2 Å². The zero-order chi connectivity index (χ0) is 15.5. The van der Waals surface area contributed by atoms with Crippen LogP contribution in [-0.2, 0) is 6.54 Å². The van der Waals surface area contributed by atoms with Crippen molar-refractivity contribution in [3.63, 3.8) is 0 Å². The van der Waals surface area contributed by atoms with Gasteiger partial charge in [-0.15, -0.1) is 11.3 Å². The highest BCUT2D eigenvalue weighted by Gasteiger charge is 2.08. The average Bonchev–Trinajstić information content (AvgIpc) is 2.85. The van der Waals surface area contributed by atoms with E-state index in [0.29, 0.717) is 12.5 Å². The molecule has 0 saturated heterocycles. The molecule has 0 fully saturated rings. The molecule has 0 unspecified atom stereocenters.